The maximum absolute atomic E-state index is 13.7. The van der Waals surface area contributed by atoms with Gasteiger partial charge in [-0.3, -0.25) is 14.9 Å². The van der Waals surface area contributed by atoms with E-state index in [1.165, 1.54) is 11.3 Å². The number of amides is 4. The van der Waals surface area contributed by atoms with E-state index in [0.717, 1.165) is 4.88 Å². The first kappa shape index (κ1) is 30.2. The van der Waals surface area contributed by atoms with Crippen LogP contribution in [0, 0.1) is 0 Å². The number of benzene rings is 1. The van der Waals surface area contributed by atoms with Gasteiger partial charge in [0.05, 0.1) is 41.1 Å². The first-order valence-corrected chi connectivity index (χ1v) is 13.9. The molecule has 12 heteroatoms. The molecule has 2 heterocycles. The van der Waals surface area contributed by atoms with Gasteiger partial charge in [0.15, 0.2) is 0 Å². The van der Waals surface area contributed by atoms with E-state index in [0.29, 0.717) is 67.3 Å². The standard InChI is InChI=1S/C26H34Cl2N4O5S/c1-26(2,3)20-16-17(23(38-20)30-25(35)29-19-7-5-6-18(27)22(19)28)24(34)32-9-8-21(33)31(10-11-32)12-13-37-15-14-36-4/h5-7,16H,8-15H2,1-4H3,(H2,29,30,35). The summed E-state index contributed by atoms with van der Waals surface area (Å²) in [7, 11) is 1.60. The molecular weight excluding hydrogens is 551 g/mol. The number of ether oxygens (including phenoxy) is 2. The summed E-state index contributed by atoms with van der Waals surface area (Å²) in [5, 5.41) is 6.47. The Kier molecular flexibility index (Phi) is 10.8. The van der Waals surface area contributed by atoms with Gasteiger partial charge in [0.2, 0.25) is 5.91 Å². The third kappa shape index (κ3) is 8.07. The van der Waals surface area contributed by atoms with E-state index in [9.17, 15) is 14.4 Å². The van der Waals surface area contributed by atoms with Crippen LogP contribution in [0.15, 0.2) is 24.3 Å². The lowest BCUT2D eigenvalue weighted by Crippen LogP contribution is -2.37. The Labute approximate surface area is 237 Å². The predicted octanol–water partition coefficient (Wildman–Crippen LogP) is 5.33. The van der Waals surface area contributed by atoms with Crippen LogP contribution >= 0.6 is 34.5 Å². The van der Waals surface area contributed by atoms with E-state index in [1.807, 2.05) is 26.8 Å². The van der Waals surface area contributed by atoms with Crippen molar-refractivity contribution >= 4 is 63.1 Å². The number of methoxy groups -OCH3 is 1. The van der Waals surface area contributed by atoms with Crippen molar-refractivity contribution in [3.05, 3.63) is 44.8 Å². The van der Waals surface area contributed by atoms with Crippen molar-refractivity contribution in [1.82, 2.24) is 9.80 Å². The van der Waals surface area contributed by atoms with Gasteiger partial charge < -0.3 is 24.6 Å². The van der Waals surface area contributed by atoms with Crippen LogP contribution < -0.4 is 10.6 Å². The fourth-order valence-electron chi connectivity index (χ4n) is 3.77. The molecule has 2 aromatic rings. The predicted molar refractivity (Wildman–Crippen MR) is 152 cm³/mol. The molecule has 0 saturated carbocycles. The topological polar surface area (TPSA) is 100 Å². The van der Waals surface area contributed by atoms with Gasteiger partial charge in [-0.2, -0.15) is 0 Å². The molecule has 9 nitrogen and oxygen atoms in total. The highest BCUT2D eigenvalue weighted by atomic mass is 35.5. The third-order valence-electron chi connectivity index (χ3n) is 5.94. The van der Waals surface area contributed by atoms with Crippen LogP contribution in [0.25, 0.3) is 0 Å². The van der Waals surface area contributed by atoms with Gasteiger partial charge in [0.1, 0.15) is 5.00 Å². The number of anilines is 2. The Morgan fingerprint density at radius 2 is 1.84 bits per heavy atom. The molecule has 1 aliphatic rings. The molecule has 0 spiro atoms. The number of urea groups is 1. The average molecular weight is 586 g/mol. The summed E-state index contributed by atoms with van der Waals surface area (Å²) in [6.07, 6.45) is 0.219. The minimum absolute atomic E-state index is 0.0209. The molecule has 0 bridgehead atoms. The quantitative estimate of drug-likeness (QED) is 0.388. The van der Waals surface area contributed by atoms with Gasteiger partial charge in [-0.25, -0.2) is 4.79 Å². The van der Waals surface area contributed by atoms with Crippen LogP contribution in [-0.4, -0.2) is 80.8 Å². The van der Waals surface area contributed by atoms with Crippen molar-refractivity contribution in [3.8, 4) is 0 Å². The van der Waals surface area contributed by atoms with Crippen molar-refractivity contribution in [1.29, 1.82) is 0 Å². The lowest BCUT2D eigenvalue weighted by atomic mass is 9.94. The van der Waals surface area contributed by atoms with Crippen LogP contribution in [0.1, 0.15) is 42.4 Å². The molecule has 208 valence electrons. The number of nitrogens with zero attached hydrogens (tertiary/aromatic N) is 2. The summed E-state index contributed by atoms with van der Waals surface area (Å²) >= 11 is 13.6. The normalized spacial score (nSPS) is 14.4. The average Bonchev–Trinajstić information content (AvgIpc) is 3.20. The molecule has 2 N–H and O–H groups in total. The van der Waals surface area contributed by atoms with E-state index in [2.05, 4.69) is 10.6 Å². The lowest BCUT2D eigenvalue weighted by Gasteiger charge is -2.22. The van der Waals surface area contributed by atoms with Gasteiger partial charge in [-0.1, -0.05) is 50.0 Å². The summed E-state index contributed by atoms with van der Waals surface area (Å²) in [5.74, 6) is -0.258. The second kappa shape index (κ2) is 13.6. The summed E-state index contributed by atoms with van der Waals surface area (Å²) in [5.41, 5.74) is 0.506. The van der Waals surface area contributed by atoms with Crippen molar-refractivity contribution in [2.45, 2.75) is 32.6 Å². The molecule has 0 unspecified atom stereocenters. The number of carbonyl (C=O) groups excluding carboxylic acids is 3. The number of halogens is 2. The number of carbonyl (C=O) groups is 3. The monoisotopic (exact) mass is 584 g/mol. The van der Waals surface area contributed by atoms with Gasteiger partial charge in [-0.15, -0.1) is 11.3 Å². The van der Waals surface area contributed by atoms with Crippen molar-refractivity contribution < 1.29 is 23.9 Å². The molecule has 1 fully saturated rings. The van der Waals surface area contributed by atoms with E-state index in [-0.39, 0.29) is 28.7 Å². The molecule has 0 radical (unpaired) electrons. The maximum Gasteiger partial charge on any atom is 0.324 e. The zero-order valence-corrected chi connectivity index (χ0v) is 24.4. The van der Waals surface area contributed by atoms with Crippen LogP contribution in [0.4, 0.5) is 15.5 Å². The maximum atomic E-state index is 13.7. The second-order valence-electron chi connectivity index (χ2n) is 9.81. The first-order chi connectivity index (χ1) is 18.0. The summed E-state index contributed by atoms with van der Waals surface area (Å²) in [6, 6.07) is 6.22. The molecule has 0 atom stereocenters. The highest BCUT2D eigenvalue weighted by Gasteiger charge is 2.29. The fraction of sp³-hybridized carbons (Fsp3) is 0.500. The summed E-state index contributed by atoms with van der Waals surface area (Å²) in [4.78, 5) is 43.5. The fourth-order valence-corrected chi connectivity index (χ4v) is 5.22. The number of hydrogen-bond acceptors (Lipinski definition) is 6. The van der Waals surface area contributed by atoms with Crippen molar-refractivity contribution in [3.63, 3.8) is 0 Å². The molecule has 0 aliphatic carbocycles. The zero-order chi connectivity index (χ0) is 27.9. The van der Waals surface area contributed by atoms with E-state index in [4.69, 9.17) is 32.7 Å². The second-order valence-corrected chi connectivity index (χ2v) is 11.6. The minimum Gasteiger partial charge on any atom is -0.382 e. The molecule has 38 heavy (non-hydrogen) atoms. The molecule has 1 saturated heterocycles. The zero-order valence-electron chi connectivity index (χ0n) is 22.1. The van der Waals surface area contributed by atoms with Gasteiger partial charge in [0.25, 0.3) is 5.91 Å². The molecule has 1 aromatic heterocycles. The van der Waals surface area contributed by atoms with E-state index < -0.39 is 6.03 Å². The number of hydrogen-bond donors (Lipinski definition) is 2. The molecule has 3 rings (SSSR count). The minimum atomic E-state index is -0.545. The lowest BCUT2D eigenvalue weighted by molar-refractivity contribution is -0.131. The van der Waals surface area contributed by atoms with Crippen LogP contribution in [0.3, 0.4) is 0 Å². The molecule has 4 amide bonds. The Morgan fingerprint density at radius 3 is 2.55 bits per heavy atom. The van der Waals surface area contributed by atoms with Crippen molar-refractivity contribution in [2.75, 3.05) is 63.7 Å². The van der Waals surface area contributed by atoms with E-state index in [1.54, 1.807) is 35.1 Å². The van der Waals surface area contributed by atoms with Crippen LogP contribution in [0.5, 0.6) is 0 Å². The Bertz CT molecular complexity index is 1150. The highest BCUT2D eigenvalue weighted by Crippen LogP contribution is 2.37. The van der Waals surface area contributed by atoms with Crippen LogP contribution in [-0.2, 0) is 19.7 Å². The smallest absolute Gasteiger partial charge is 0.324 e. The summed E-state index contributed by atoms with van der Waals surface area (Å²) < 4.78 is 10.5. The van der Waals surface area contributed by atoms with Crippen LogP contribution in [0.2, 0.25) is 10.0 Å². The number of nitrogens with one attached hydrogen (secondary N) is 2. The summed E-state index contributed by atoms with van der Waals surface area (Å²) in [6.45, 7) is 9.03. The molecule has 1 aromatic carbocycles. The van der Waals surface area contributed by atoms with Crippen molar-refractivity contribution in [2.24, 2.45) is 0 Å². The third-order valence-corrected chi connectivity index (χ3v) is 8.24. The van der Waals surface area contributed by atoms with E-state index >= 15 is 0 Å². The highest BCUT2D eigenvalue weighted by molar-refractivity contribution is 7.16. The SMILES string of the molecule is COCCOCCN1CCN(C(=O)c2cc(C(C)(C)C)sc2NC(=O)Nc2cccc(Cl)c2Cl)CCC1=O. The number of thiophene rings is 1. The Morgan fingerprint density at radius 1 is 1.08 bits per heavy atom. The van der Waals surface area contributed by atoms with Gasteiger partial charge >= 0.3 is 6.03 Å². The Balaban J connectivity index is 1.73. The first-order valence-electron chi connectivity index (χ1n) is 12.3. The Hall–Kier alpha value is -2.37. The molecule has 1 aliphatic heterocycles. The van der Waals surface area contributed by atoms with Gasteiger partial charge in [0, 0.05) is 44.6 Å². The molecular formula is C26H34Cl2N4O5S. The largest absolute Gasteiger partial charge is 0.382 e. The number of rotatable bonds is 9. The van der Waals surface area contributed by atoms with Gasteiger partial charge in [-0.05, 0) is 23.6 Å².